The van der Waals surface area contributed by atoms with Crippen molar-refractivity contribution in [3.63, 3.8) is 0 Å². The van der Waals surface area contributed by atoms with E-state index in [2.05, 4.69) is 53.9 Å². The van der Waals surface area contributed by atoms with Crippen LogP contribution < -0.4 is 9.80 Å². The molecule has 0 spiro atoms. The minimum absolute atomic E-state index is 0.155. The molecule has 1 aliphatic heterocycles. The van der Waals surface area contributed by atoms with E-state index in [1.807, 2.05) is 84.9 Å². The van der Waals surface area contributed by atoms with Crippen LogP contribution in [0.3, 0.4) is 0 Å². The van der Waals surface area contributed by atoms with E-state index in [0.29, 0.717) is 11.4 Å². The Morgan fingerprint density at radius 1 is 0.545 bits per heavy atom. The number of benzene rings is 4. The largest absolute Gasteiger partial charge is 0.370 e. The monoisotopic (exact) mass is 564 g/mol. The van der Waals surface area contributed by atoms with Crippen LogP contribution >= 0.6 is 0 Å². The number of para-hydroxylation sites is 1. The van der Waals surface area contributed by atoms with E-state index in [1.165, 1.54) is 0 Å². The molecule has 1 aliphatic rings. The summed E-state index contributed by atoms with van der Waals surface area (Å²) in [5.41, 5.74) is 2.95. The molecule has 44 heavy (non-hydrogen) atoms. The second-order valence-electron chi connectivity index (χ2n) is 9.61. The third-order valence-corrected chi connectivity index (χ3v) is 7.19. The average molecular weight is 565 g/mol. The van der Waals surface area contributed by atoms with E-state index in [-0.39, 0.29) is 46.3 Å². The molecular formula is C34H16N10. The average Bonchev–Trinajstić information content (AvgIpc) is 3.09. The molecule has 7 rings (SSSR count). The van der Waals surface area contributed by atoms with Crippen molar-refractivity contribution in [3.8, 4) is 23.3 Å². The fourth-order valence-corrected chi connectivity index (χ4v) is 5.26. The second kappa shape index (κ2) is 10.4. The Bertz CT molecular complexity index is 2200. The highest BCUT2D eigenvalue weighted by atomic mass is 15.4. The highest BCUT2D eigenvalue weighted by Crippen LogP contribution is 2.52. The van der Waals surface area contributed by atoms with Gasteiger partial charge < -0.3 is 9.69 Å². The number of nitriles is 2. The lowest BCUT2D eigenvalue weighted by atomic mass is 9.98. The molecule has 10 nitrogen and oxygen atoms in total. The van der Waals surface area contributed by atoms with Crippen LogP contribution in [0, 0.1) is 35.8 Å². The van der Waals surface area contributed by atoms with Crippen LogP contribution in [0.5, 0.6) is 0 Å². The first kappa shape index (κ1) is 25.8. The van der Waals surface area contributed by atoms with E-state index >= 15 is 0 Å². The summed E-state index contributed by atoms with van der Waals surface area (Å²) in [5.74, 6) is 0.545. The molecule has 3 heterocycles. The maximum Gasteiger partial charge on any atom is 0.300 e. The minimum Gasteiger partial charge on any atom is -0.370 e. The highest BCUT2D eigenvalue weighted by molar-refractivity contribution is 5.99. The van der Waals surface area contributed by atoms with Crippen molar-refractivity contribution in [2.75, 3.05) is 9.80 Å². The molecule has 2 aromatic heterocycles. The molecule has 0 saturated carbocycles. The quantitative estimate of drug-likeness (QED) is 0.197. The van der Waals surface area contributed by atoms with Gasteiger partial charge in [0.1, 0.15) is 12.1 Å². The van der Waals surface area contributed by atoms with Crippen LogP contribution in [-0.2, 0) is 0 Å². The lowest BCUT2D eigenvalue weighted by molar-refractivity contribution is 0.983. The van der Waals surface area contributed by atoms with Crippen LogP contribution in [0.2, 0.25) is 0 Å². The maximum absolute atomic E-state index is 9.85. The Hall–Kier alpha value is -7.14. The van der Waals surface area contributed by atoms with E-state index in [4.69, 9.17) is 13.1 Å². The lowest BCUT2D eigenvalue weighted by Gasteiger charge is -2.33. The Kier molecular flexibility index (Phi) is 6.07. The number of rotatable bonds is 3. The highest BCUT2D eigenvalue weighted by Gasteiger charge is 2.42. The fraction of sp³-hybridized carbons (Fsp3) is 0. The summed E-state index contributed by atoms with van der Waals surface area (Å²) >= 11 is 0. The number of hydrogen-bond donors (Lipinski definition) is 0. The summed E-state index contributed by atoms with van der Waals surface area (Å²) in [6.45, 7) is 15.3. The Morgan fingerprint density at radius 2 is 1.05 bits per heavy atom. The van der Waals surface area contributed by atoms with Gasteiger partial charge in [-0.25, -0.2) is 9.97 Å². The summed E-state index contributed by atoms with van der Waals surface area (Å²) < 4.78 is 0. The van der Waals surface area contributed by atoms with Gasteiger partial charge in [0.15, 0.2) is 23.0 Å². The Labute approximate surface area is 251 Å². The SMILES string of the molecule is [C-]#[N+]c1nc2c(nc1[N+]#[C-])N(c1ccc(-c3cccc4ccccc34)cc1)c1nc(C#N)c(C#N)nc1N2c1ccccc1. The van der Waals surface area contributed by atoms with Crippen LogP contribution in [0.1, 0.15) is 11.4 Å². The number of fused-ring (bicyclic) bond motifs is 3. The van der Waals surface area contributed by atoms with Crippen LogP contribution in [0.15, 0.2) is 97.1 Å². The predicted octanol–water partition coefficient (Wildman–Crippen LogP) is 8.18. The minimum atomic E-state index is -0.172. The van der Waals surface area contributed by atoms with Gasteiger partial charge in [-0.15, -0.1) is 9.97 Å². The Morgan fingerprint density at radius 3 is 1.61 bits per heavy atom. The molecule has 4 aromatic carbocycles. The topological polar surface area (TPSA) is 114 Å². The third kappa shape index (κ3) is 4.01. The van der Waals surface area contributed by atoms with Gasteiger partial charge in [0, 0.05) is 0 Å². The molecule has 0 atom stereocenters. The maximum atomic E-state index is 9.85. The van der Waals surface area contributed by atoms with Crippen LogP contribution in [-0.4, -0.2) is 19.9 Å². The van der Waals surface area contributed by atoms with Crippen molar-refractivity contribution in [1.82, 2.24) is 19.9 Å². The van der Waals surface area contributed by atoms with Gasteiger partial charge in [-0.2, -0.15) is 10.5 Å². The van der Waals surface area contributed by atoms with Gasteiger partial charge in [-0.3, -0.25) is 9.80 Å². The van der Waals surface area contributed by atoms with Crippen molar-refractivity contribution in [2.24, 2.45) is 0 Å². The van der Waals surface area contributed by atoms with Gasteiger partial charge in [-0.05, 0) is 46.2 Å². The van der Waals surface area contributed by atoms with Crippen LogP contribution in [0.25, 0.3) is 31.6 Å². The van der Waals surface area contributed by atoms with E-state index in [9.17, 15) is 10.5 Å². The van der Waals surface area contributed by atoms with Gasteiger partial charge in [-0.1, -0.05) is 85.9 Å². The van der Waals surface area contributed by atoms with E-state index in [1.54, 1.807) is 9.80 Å². The van der Waals surface area contributed by atoms with E-state index < -0.39 is 0 Å². The molecule has 0 unspecified atom stereocenters. The summed E-state index contributed by atoms with van der Waals surface area (Å²) in [6.07, 6.45) is 0. The van der Waals surface area contributed by atoms with Crippen molar-refractivity contribution in [2.45, 2.75) is 0 Å². The van der Waals surface area contributed by atoms with E-state index in [0.717, 1.165) is 21.9 Å². The van der Waals surface area contributed by atoms with Crippen molar-refractivity contribution in [3.05, 3.63) is 131 Å². The van der Waals surface area contributed by atoms with Crippen molar-refractivity contribution < 1.29 is 0 Å². The predicted molar refractivity (Wildman–Crippen MR) is 165 cm³/mol. The van der Waals surface area contributed by atoms with Gasteiger partial charge in [0.05, 0.1) is 11.4 Å². The number of hydrogen-bond acceptors (Lipinski definition) is 8. The zero-order valence-corrected chi connectivity index (χ0v) is 22.7. The Balaban J connectivity index is 1.49. The molecule has 0 N–H and O–H groups in total. The van der Waals surface area contributed by atoms with Crippen molar-refractivity contribution in [1.29, 1.82) is 10.5 Å². The number of nitrogens with zero attached hydrogens (tertiary/aromatic N) is 10. The molecule has 0 amide bonds. The van der Waals surface area contributed by atoms with Gasteiger partial charge in [0.2, 0.25) is 0 Å². The van der Waals surface area contributed by atoms with Crippen molar-refractivity contribution >= 4 is 57.1 Å². The molecule has 0 bridgehead atoms. The molecule has 0 saturated heterocycles. The third-order valence-electron chi connectivity index (χ3n) is 7.19. The second-order valence-corrected chi connectivity index (χ2v) is 9.61. The molecular weight excluding hydrogens is 548 g/mol. The smallest absolute Gasteiger partial charge is 0.300 e. The van der Waals surface area contributed by atoms with Gasteiger partial charge >= 0.3 is 11.6 Å². The zero-order chi connectivity index (χ0) is 30.2. The first-order valence-corrected chi connectivity index (χ1v) is 13.3. The molecule has 0 radical (unpaired) electrons. The molecule has 6 aromatic rings. The van der Waals surface area contributed by atoms with Crippen LogP contribution in [0.4, 0.5) is 46.3 Å². The number of anilines is 6. The summed E-state index contributed by atoms with van der Waals surface area (Å²) in [6, 6.07) is 35.1. The molecule has 202 valence electrons. The lowest BCUT2D eigenvalue weighted by Crippen LogP contribution is -2.28. The molecule has 0 fully saturated rings. The zero-order valence-electron chi connectivity index (χ0n) is 22.7. The fourth-order valence-electron chi connectivity index (χ4n) is 5.26. The van der Waals surface area contributed by atoms with Gasteiger partial charge in [0.25, 0.3) is 11.6 Å². The summed E-state index contributed by atoms with van der Waals surface area (Å²) in [7, 11) is 0. The first-order chi connectivity index (χ1) is 21.6. The normalized spacial score (nSPS) is 11.5. The standard InChI is InChI=1S/C34H16N10/c1-37-29-30(38-2)42-34-33(41-29)43(23-11-4-3-5-12-23)31-32(40-28(20-36)27(19-35)39-31)44(34)24-17-15-22(16-18-24)26-14-8-10-21-9-6-7-13-25(21)26/h3-18H. The first-order valence-electron chi connectivity index (χ1n) is 13.3. The summed E-state index contributed by atoms with van der Waals surface area (Å²) in [5, 5.41) is 21.9. The molecule has 10 heteroatoms. The summed E-state index contributed by atoms with van der Waals surface area (Å²) in [4.78, 5) is 28.5. The number of aromatic nitrogens is 4. The molecule has 0 aliphatic carbocycles.